The lowest BCUT2D eigenvalue weighted by Gasteiger charge is -2.07. The second kappa shape index (κ2) is 3.77. The standard InChI is InChI=1S/C10H13NO2/c11-6-8-1-2-9-7-12-3-4-13-10(9)5-8/h1-2,5H,3-4,6-7,11H2. The molecule has 2 rings (SSSR count). The van der Waals surface area contributed by atoms with E-state index < -0.39 is 0 Å². The van der Waals surface area contributed by atoms with E-state index in [1.807, 2.05) is 18.2 Å². The van der Waals surface area contributed by atoms with Crippen LogP contribution in [0.4, 0.5) is 0 Å². The van der Waals surface area contributed by atoms with Gasteiger partial charge in [-0.3, -0.25) is 0 Å². The van der Waals surface area contributed by atoms with Gasteiger partial charge in [-0.05, 0) is 11.6 Å². The van der Waals surface area contributed by atoms with Crippen molar-refractivity contribution in [2.75, 3.05) is 13.2 Å². The summed E-state index contributed by atoms with van der Waals surface area (Å²) in [6, 6.07) is 6.02. The summed E-state index contributed by atoms with van der Waals surface area (Å²) in [7, 11) is 0. The number of hydrogen-bond acceptors (Lipinski definition) is 3. The highest BCUT2D eigenvalue weighted by molar-refractivity contribution is 5.37. The first kappa shape index (κ1) is 8.53. The molecule has 3 heteroatoms. The Balaban J connectivity index is 2.32. The second-order valence-electron chi connectivity index (χ2n) is 3.05. The summed E-state index contributed by atoms with van der Waals surface area (Å²) in [4.78, 5) is 0. The normalized spacial score (nSPS) is 15.8. The Bertz CT molecular complexity index is 299. The molecule has 0 radical (unpaired) electrons. The Morgan fingerprint density at radius 1 is 1.31 bits per heavy atom. The minimum absolute atomic E-state index is 0.553. The van der Waals surface area contributed by atoms with Crippen molar-refractivity contribution in [1.29, 1.82) is 0 Å². The Hall–Kier alpha value is -1.06. The van der Waals surface area contributed by atoms with Crippen LogP contribution in [-0.2, 0) is 17.9 Å². The van der Waals surface area contributed by atoms with E-state index in [0.717, 1.165) is 16.9 Å². The predicted molar refractivity (Wildman–Crippen MR) is 49.5 cm³/mol. The first-order chi connectivity index (χ1) is 6.40. The molecule has 0 aliphatic carbocycles. The molecular weight excluding hydrogens is 166 g/mol. The molecule has 3 nitrogen and oxygen atoms in total. The fraction of sp³-hybridized carbons (Fsp3) is 0.400. The van der Waals surface area contributed by atoms with Gasteiger partial charge >= 0.3 is 0 Å². The minimum Gasteiger partial charge on any atom is -0.491 e. The van der Waals surface area contributed by atoms with Crippen molar-refractivity contribution < 1.29 is 9.47 Å². The van der Waals surface area contributed by atoms with Crippen molar-refractivity contribution in [2.45, 2.75) is 13.2 Å². The maximum Gasteiger partial charge on any atom is 0.125 e. The largest absolute Gasteiger partial charge is 0.491 e. The van der Waals surface area contributed by atoms with E-state index in [1.54, 1.807) is 0 Å². The highest BCUT2D eigenvalue weighted by Crippen LogP contribution is 2.23. The van der Waals surface area contributed by atoms with Crippen molar-refractivity contribution >= 4 is 0 Å². The summed E-state index contributed by atoms with van der Waals surface area (Å²) in [6.07, 6.45) is 0. The van der Waals surface area contributed by atoms with Crippen LogP contribution in [0.3, 0.4) is 0 Å². The van der Waals surface area contributed by atoms with Gasteiger partial charge in [0.1, 0.15) is 12.4 Å². The van der Waals surface area contributed by atoms with E-state index >= 15 is 0 Å². The molecule has 1 aromatic carbocycles. The summed E-state index contributed by atoms with van der Waals surface area (Å²) in [6.45, 7) is 2.48. The van der Waals surface area contributed by atoms with Gasteiger partial charge in [0.25, 0.3) is 0 Å². The van der Waals surface area contributed by atoms with Crippen molar-refractivity contribution in [3.05, 3.63) is 29.3 Å². The third kappa shape index (κ3) is 1.82. The lowest BCUT2D eigenvalue weighted by atomic mass is 10.1. The maximum absolute atomic E-state index is 5.54. The SMILES string of the molecule is NCc1ccc2c(c1)OCCOC2. The highest BCUT2D eigenvalue weighted by Gasteiger charge is 2.08. The van der Waals surface area contributed by atoms with Crippen molar-refractivity contribution in [3.8, 4) is 5.75 Å². The molecule has 1 aromatic rings. The minimum atomic E-state index is 0.553. The number of ether oxygens (including phenoxy) is 2. The average Bonchev–Trinajstić information content (AvgIpc) is 2.41. The Morgan fingerprint density at radius 2 is 2.23 bits per heavy atom. The van der Waals surface area contributed by atoms with Crippen LogP contribution >= 0.6 is 0 Å². The van der Waals surface area contributed by atoms with E-state index in [-0.39, 0.29) is 0 Å². The topological polar surface area (TPSA) is 44.5 Å². The van der Waals surface area contributed by atoms with Crippen LogP contribution in [0.25, 0.3) is 0 Å². The van der Waals surface area contributed by atoms with Gasteiger partial charge in [0, 0.05) is 12.1 Å². The summed E-state index contributed by atoms with van der Waals surface area (Å²) < 4.78 is 10.8. The van der Waals surface area contributed by atoms with Crippen LogP contribution in [0, 0.1) is 0 Å². The number of nitrogens with two attached hydrogens (primary N) is 1. The maximum atomic E-state index is 5.54. The highest BCUT2D eigenvalue weighted by atomic mass is 16.5. The molecule has 0 unspecified atom stereocenters. The van der Waals surface area contributed by atoms with Gasteiger partial charge in [-0.2, -0.15) is 0 Å². The lowest BCUT2D eigenvalue weighted by Crippen LogP contribution is -2.02. The smallest absolute Gasteiger partial charge is 0.125 e. The van der Waals surface area contributed by atoms with Crippen LogP contribution in [0.2, 0.25) is 0 Å². The van der Waals surface area contributed by atoms with Gasteiger partial charge in [-0.25, -0.2) is 0 Å². The van der Waals surface area contributed by atoms with Crippen LogP contribution in [0.1, 0.15) is 11.1 Å². The van der Waals surface area contributed by atoms with E-state index in [1.165, 1.54) is 0 Å². The molecule has 2 N–H and O–H groups in total. The fourth-order valence-electron chi connectivity index (χ4n) is 1.37. The molecule has 0 saturated heterocycles. The molecule has 0 saturated carbocycles. The zero-order valence-corrected chi connectivity index (χ0v) is 7.45. The zero-order chi connectivity index (χ0) is 9.10. The predicted octanol–water partition coefficient (Wildman–Crippen LogP) is 1.05. The fourth-order valence-corrected chi connectivity index (χ4v) is 1.37. The third-order valence-electron chi connectivity index (χ3n) is 2.11. The number of rotatable bonds is 1. The molecule has 1 heterocycles. The Morgan fingerprint density at radius 3 is 3.08 bits per heavy atom. The molecular formula is C10H13NO2. The van der Waals surface area contributed by atoms with E-state index in [0.29, 0.717) is 26.4 Å². The molecule has 0 aromatic heterocycles. The molecule has 13 heavy (non-hydrogen) atoms. The van der Waals surface area contributed by atoms with Gasteiger partial charge in [-0.1, -0.05) is 12.1 Å². The molecule has 0 spiro atoms. The summed E-state index contributed by atoms with van der Waals surface area (Å²) in [5.74, 6) is 0.917. The number of hydrogen-bond donors (Lipinski definition) is 1. The van der Waals surface area contributed by atoms with Crippen molar-refractivity contribution in [1.82, 2.24) is 0 Å². The summed E-state index contributed by atoms with van der Waals surface area (Å²) in [5, 5.41) is 0. The van der Waals surface area contributed by atoms with Gasteiger partial charge in [0.2, 0.25) is 0 Å². The van der Waals surface area contributed by atoms with Crippen molar-refractivity contribution in [2.24, 2.45) is 5.73 Å². The quantitative estimate of drug-likeness (QED) is 0.701. The zero-order valence-electron chi connectivity index (χ0n) is 7.45. The van der Waals surface area contributed by atoms with E-state index in [9.17, 15) is 0 Å². The lowest BCUT2D eigenvalue weighted by molar-refractivity contribution is 0.107. The summed E-state index contributed by atoms with van der Waals surface area (Å²) >= 11 is 0. The average molecular weight is 179 g/mol. The monoisotopic (exact) mass is 179 g/mol. The first-order valence-electron chi connectivity index (χ1n) is 4.42. The van der Waals surface area contributed by atoms with Crippen LogP contribution in [0.15, 0.2) is 18.2 Å². The van der Waals surface area contributed by atoms with Gasteiger partial charge in [0.15, 0.2) is 0 Å². The second-order valence-corrected chi connectivity index (χ2v) is 3.05. The molecule has 0 bridgehead atoms. The van der Waals surface area contributed by atoms with E-state index in [4.69, 9.17) is 15.2 Å². The van der Waals surface area contributed by atoms with E-state index in [2.05, 4.69) is 0 Å². The van der Waals surface area contributed by atoms with Crippen LogP contribution < -0.4 is 10.5 Å². The number of fused-ring (bicyclic) bond motifs is 1. The van der Waals surface area contributed by atoms with Crippen molar-refractivity contribution in [3.63, 3.8) is 0 Å². The van der Waals surface area contributed by atoms with Gasteiger partial charge < -0.3 is 15.2 Å². The molecule has 1 aliphatic heterocycles. The van der Waals surface area contributed by atoms with Gasteiger partial charge in [0.05, 0.1) is 13.2 Å². The molecule has 0 fully saturated rings. The Labute approximate surface area is 77.5 Å². The summed E-state index contributed by atoms with van der Waals surface area (Å²) in [5.41, 5.74) is 7.74. The molecule has 0 amide bonds. The van der Waals surface area contributed by atoms with Gasteiger partial charge in [-0.15, -0.1) is 0 Å². The third-order valence-corrected chi connectivity index (χ3v) is 2.11. The Kier molecular flexibility index (Phi) is 2.47. The molecule has 70 valence electrons. The molecule has 0 atom stereocenters. The first-order valence-corrected chi connectivity index (χ1v) is 4.42. The van der Waals surface area contributed by atoms with Crippen LogP contribution in [-0.4, -0.2) is 13.2 Å². The van der Waals surface area contributed by atoms with Crippen LogP contribution in [0.5, 0.6) is 5.75 Å². The molecule has 1 aliphatic rings. The number of benzene rings is 1.